The van der Waals surface area contributed by atoms with Crippen molar-refractivity contribution in [3.05, 3.63) is 29.3 Å². The normalized spacial score (nSPS) is 39.0. The Kier molecular flexibility index (Phi) is 2.21. The van der Waals surface area contributed by atoms with Crippen molar-refractivity contribution < 1.29 is 8.85 Å². The number of likely N-dealkylation sites (N-methyl/N-ethyl adjacent to an activating group) is 1. The third-order valence-corrected chi connectivity index (χ3v) is 6.20. The van der Waals surface area contributed by atoms with E-state index in [0.717, 1.165) is 13.0 Å². The van der Waals surface area contributed by atoms with Crippen LogP contribution in [0.25, 0.3) is 0 Å². The Morgan fingerprint density at radius 2 is 2.30 bits per heavy atom. The summed E-state index contributed by atoms with van der Waals surface area (Å²) >= 11 is 0. The first-order valence-electron chi connectivity index (χ1n) is 9.42. The van der Waals surface area contributed by atoms with Crippen LogP contribution in [0, 0.1) is 5.92 Å². The zero-order valence-electron chi connectivity index (χ0n) is 15.2. The van der Waals surface area contributed by atoms with E-state index in [1.165, 1.54) is 43.2 Å². The van der Waals surface area contributed by atoms with Crippen molar-refractivity contribution in [2.75, 3.05) is 20.6 Å². The molecule has 2 fully saturated rings. The minimum Gasteiger partial charge on any atom is -0.497 e. The van der Waals surface area contributed by atoms with E-state index < -0.39 is 7.04 Å². The highest BCUT2D eigenvalue weighted by atomic mass is 16.5. The summed E-state index contributed by atoms with van der Waals surface area (Å²) in [5.41, 5.74) is 3.03. The fourth-order valence-electron chi connectivity index (χ4n) is 5.24. The summed E-state index contributed by atoms with van der Waals surface area (Å²) in [6.45, 7) is 1.14. The zero-order chi connectivity index (χ0) is 16.2. The molecular formula is C18H25NO. The van der Waals surface area contributed by atoms with Crippen molar-refractivity contribution >= 4 is 0 Å². The maximum atomic E-state index is 7.36. The van der Waals surface area contributed by atoms with Crippen molar-refractivity contribution in [3.8, 4) is 5.75 Å². The smallest absolute Gasteiger partial charge is 0.119 e. The number of ether oxygens (including phenoxy) is 1. The fraction of sp³-hybridized carbons (Fsp3) is 0.667. The first-order chi connectivity index (χ1) is 10.9. The summed E-state index contributed by atoms with van der Waals surface area (Å²) in [4.78, 5) is 2.55. The van der Waals surface area contributed by atoms with Gasteiger partial charge in [-0.3, -0.25) is 0 Å². The van der Waals surface area contributed by atoms with Gasteiger partial charge >= 0.3 is 0 Å². The SMILES string of the molecule is [2H]C([2H])([2H])Oc1ccc2c(c1)[C@]13CCCC[C@@H]1[C@H](C2)N(C)CC3. The Morgan fingerprint density at radius 3 is 3.20 bits per heavy atom. The lowest BCUT2D eigenvalue weighted by molar-refractivity contribution is 0.00274. The van der Waals surface area contributed by atoms with Gasteiger partial charge < -0.3 is 9.64 Å². The molecule has 2 nitrogen and oxygen atoms in total. The molecule has 20 heavy (non-hydrogen) atoms. The minimum atomic E-state index is -2.37. The summed E-state index contributed by atoms with van der Waals surface area (Å²) in [5.74, 6) is 1.21. The van der Waals surface area contributed by atoms with E-state index in [-0.39, 0.29) is 5.41 Å². The van der Waals surface area contributed by atoms with Gasteiger partial charge in [0, 0.05) is 11.5 Å². The van der Waals surface area contributed by atoms with Crippen LogP contribution in [0.3, 0.4) is 0 Å². The Balaban J connectivity index is 1.79. The monoisotopic (exact) mass is 274 g/mol. The van der Waals surface area contributed by atoms with E-state index in [2.05, 4.69) is 18.0 Å². The first kappa shape index (κ1) is 9.83. The number of rotatable bonds is 1. The second-order valence-corrected chi connectivity index (χ2v) is 6.93. The summed E-state index contributed by atoms with van der Waals surface area (Å²) in [5, 5.41) is 0. The second-order valence-electron chi connectivity index (χ2n) is 6.93. The van der Waals surface area contributed by atoms with E-state index in [9.17, 15) is 0 Å². The van der Waals surface area contributed by atoms with Gasteiger partial charge in [0.2, 0.25) is 0 Å². The van der Waals surface area contributed by atoms with Crippen LogP contribution in [0.4, 0.5) is 0 Å². The molecule has 1 aliphatic heterocycles. The third kappa shape index (κ3) is 1.60. The number of piperidine rings is 1. The highest BCUT2D eigenvalue weighted by Gasteiger charge is 2.53. The van der Waals surface area contributed by atoms with E-state index >= 15 is 0 Å². The average molecular weight is 274 g/mol. The van der Waals surface area contributed by atoms with Gasteiger partial charge in [0.05, 0.1) is 11.2 Å². The molecule has 0 spiro atoms. The van der Waals surface area contributed by atoms with Crippen LogP contribution in [-0.4, -0.2) is 31.6 Å². The molecule has 0 radical (unpaired) electrons. The molecule has 3 atom stereocenters. The van der Waals surface area contributed by atoms with Crippen molar-refractivity contribution in [1.82, 2.24) is 4.90 Å². The molecule has 0 N–H and O–H groups in total. The number of hydrogen-bond acceptors (Lipinski definition) is 2. The van der Waals surface area contributed by atoms with E-state index in [1.807, 2.05) is 12.1 Å². The lowest BCUT2D eigenvalue weighted by atomic mass is 9.52. The zero-order valence-corrected chi connectivity index (χ0v) is 12.2. The van der Waals surface area contributed by atoms with Gasteiger partial charge in [-0.05, 0) is 68.5 Å². The number of fused-ring (bicyclic) bond motifs is 1. The van der Waals surface area contributed by atoms with Gasteiger partial charge in [-0.25, -0.2) is 0 Å². The minimum absolute atomic E-state index is 0.247. The highest BCUT2D eigenvalue weighted by Crippen LogP contribution is 2.55. The van der Waals surface area contributed by atoms with Crippen LogP contribution >= 0.6 is 0 Å². The molecule has 2 bridgehead atoms. The molecule has 4 rings (SSSR count). The maximum Gasteiger partial charge on any atom is 0.119 e. The van der Waals surface area contributed by atoms with Gasteiger partial charge in [0.1, 0.15) is 5.75 Å². The van der Waals surface area contributed by atoms with Crippen LogP contribution < -0.4 is 4.74 Å². The average Bonchev–Trinajstić information content (AvgIpc) is 2.50. The molecule has 0 amide bonds. The van der Waals surface area contributed by atoms with Crippen molar-refractivity contribution in [3.63, 3.8) is 0 Å². The van der Waals surface area contributed by atoms with Crippen LogP contribution in [0.5, 0.6) is 5.75 Å². The number of benzene rings is 1. The molecular weight excluding hydrogens is 246 g/mol. The molecule has 1 saturated carbocycles. The van der Waals surface area contributed by atoms with Crippen LogP contribution in [-0.2, 0) is 11.8 Å². The standard InChI is InChI=1S/C18H25NO/c1-19-10-9-18-8-4-3-5-15(18)17(19)11-13-6-7-14(20-2)12-16(13)18/h6-7,12,15,17H,3-5,8-11H2,1-2H3/t15-,17+,18+/m1/s1/i2D3. The fourth-order valence-corrected chi connectivity index (χ4v) is 5.24. The molecule has 0 aromatic heterocycles. The van der Waals surface area contributed by atoms with Gasteiger partial charge in [0.15, 0.2) is 0 Å². The lowest BCUT2D eigenvalue weighted by Crippen LogP contribution is -2.59. The first-order valence-corrected chi connectivity index (χ1v) is 7.92. The number of hydrogen-bond donors (Lipinski definition) is 0. The number of methoxy groups -OCH3 is 1. The Hall–Kier alpha value is -1.02. The lowest BCUT2D eigenvalue weighted by Gasteiger charge is -2.58. The van der Waals surface area contributed by atoms with Crippen LogP contribution in [0.15, 0.2) is 18.2 Å². The molecule has 1 heterocycles. The third-order valence-electron chi connectivity index (χ3n) is 6.20. The number of nitrogens with zero attached hydrogens (tertiary/aromatic N) is 1. The molecule has 2 heteroatoms. The van der Waals surface area contributed by atoms with Gasteiger partial charge in [0.25, 0.3) is 0 Å². The number of likely N-dealkylation sites (tertiary alicyclic amines) is 1. The largest absolute Gasteiger partial charge is 0.497 e. The summed E-state index contributed by atoms with van der Waals surface area (Å²) in [6, 6.07) is 6.63. The van der Waals surface area contributed by atoms with Crippen LogP contribution in [0.1, 0.15) is 47.3 Å². The second kappa shape index (κ2) is 4.49. The summed E-state index contributed by atoms with van der Waals surface area (Å²) in [6.07, 6.45) is 7.44. The Bertz CT molecular complexity index is 615. The molecule has 3 aliphatic rings. The summed E-state index contributed by atoms with van der Waals surface area (Å²) < 4.78 is 27.3. The van der Waals surface area contributed by atoms with Crippen molar-refractivity contribution in [2.45, 2.75) is 50.0 Å². The Labute approximate surface area is 126 Å². The van der Waals surface area contributed by atoms with E-state index in [4.69, 9.17) is 8.85 Å². The molecule has 2 aliphatic carbocycles. The van der Waals surface area contributed by atoms with Crippen molar-refractivity contribution in [1.29, 1.82) is 0 Å². The summed E-state index contributed by atoms with van der Waals surface area (Å²) in [7, 11) is -0.109. The topological polar surface area (TPSA) is 12.5 Å². The van der Waals surface area contributed by atoms with Crippen LogP contribution in [0.2, 0.25) is 0 Å². The molecule has 1 aromatic rings. The van der Waals surface area contributed by atoms with Gasteiger partial charge in [-0.1, -0.05) is 18.9 Å². The predicted octanol–water partition coefficient (Wildman–Crippen LogP) is 3.38. The molecule has 108 valence electrons. The van der Waals surface area contributed by atoms with Gasteiger partial charge in [-0.15, -0.1) is 0 Å². The van der Waals surface area contributed by atoms with Crippen molar-refractivity contribution in [2.24, 2.45) is 5.92 Å². The highest BCUT2D eigenvalue weighted by molar-refractivity contribution is 5.45. The predicted molar refractivity (Wildman–Crippen MR) is 81.4 cm³/mol. The Morgan fingerprint density at radius 1 is 1.35 bits per heavy atom. The van der Waals surface area contributed by atoms with E-state index in [0.29, 0.717) is 17.7 Å². The molecule has 1 saturated heterocycles. The molecule has 1 aromatic carbocycles. The maximum absolute atomic E-state index is 7.36. The van der Waals surface area contributed by atoms with E-state index in [1.54, 1.807) is 0 Å². The molecule has 0 unspecified atom stereocenters. The van der Waals surface area contributed by atoms with Gasteiger partial charge in [-0.2, -0.15) is 0 Å². The quantitative estimate of drug-likeness (QED) is 0.778.